The fourth-order valence-electron chi connectivity index (χ4n) is 3.77. The van der Waals surface area contributed by atoms with Gasteiger partial charge in [0, 0.05) is 37.4 Å². The molecule has 0 aliphatic heterocycles. The van der Waals surface area contributed by atoms with Crippen LogP contribution < -0.4 is 21.3 Å². The van der Waals surface area contributed by atoms with E-state index in [1.165, 1.54) is 0 Å². The number of carbonyl (C=O) groups is 1. The third-order valence-electron chi connectivity index (χ3n) is 5.96. The van der Waals surface area contributed by atoms with Gasteiger partial charge in [-0.3, -0.25) is 4.79 Å². The summed E-state index contributed by atoms with van der Waals surface area (Å²) in [6, 6.07) is 10.9. The number of rotatable bonds is 11. The van der Waals surface area contributed by atoms with Crippen LogP contribution in [0.25, 0.3) is 0 Å². The van der Waals surface area contributed by atoms with Gasteiger partial charge in [-0.25, -0.2) is 15.0 Å². The molecular weight excluding hydrogens is 446 g/mol. The molecule has 1 aromatic carbocycles. The zero-order chi connectivity index (χ0) is 24.8. The third kappa shape index (κ3) is 6.03. The van der Waals surface area contributed by atoms with Gasteiger partial charge in [0.15, 0.2) is 0 Å². The molecule has 5 N–H and O–H groups in total. The van der Waals surface area contributed by atoms with Gasteiger partial charge in [-0.2, -0.15) is 0 Å². The van der Waals surface area contributed by atoms with Crippen LogP contribution in [-0.2, 0) is 16.7 Å². The molecular formula is C25H31N7O3. The van der Waals surface area contributed by atoms with Crippen LogP contribution in [0.4, 0.5) is 23.1 Å². The molecule has 1 atom stereocenters. The van der Waals surface area contributed by atoms with Crippen molar-refractivity contribution in [2.45, 2.75) is 45.1 Å². The van der Waals surface area contributed by atoms with Crippen LogP contribution in [0.15, 0.2) is 48.8 Å². The van der Waals surface area contributed by atoms with Crippen molar-refractivity contribution in [3.63, 3.8) is 0 Å². The quantitative estimate of drug-likeness (QED) is 0.263. The first-order valence-corrected chi connectivity index (χ1v) is 11.6. The van der Waals surface area contributed by atoms with Crippen molar-refractivity contribution in [3.05, 3.63) is 65.6 Å². The fourth-order valence-corrected chi connectivity index (χ4v) is 3.77. The van der Waals surface area contributed by atoms with E-state index in [2.05, 4.69) is 43.1 Å². The van der Waals surface area contributed by atoms with Crippen LogP contribution in [0, 0.1) is 0 Å². The largest absolute Gasteiger partial charge is 0.364 e. The van der Waals surface area contributed by atoms with E-state index in [1.54, 1.807) is 37.6 Å². The molecule has 1 fully saturated rings. The normalized spacial score (nSPS) is 14.6. The van der Waals surface area contributed by atoms with Crippen LogP contribution in [0.3, 0.4) is 0 Å². The number of pyridine rings is 1. The maximum absolute atomic E-state index is 13.2. The van der Waals surface area contributed by atoms with E-state index >= 15 is 0 Å². The summed E-state index contributed by atoms with van der Waals surface area (Å²) < 4.78 is 5.25. The number of aromatic nitrogens is 3. The van der Waals surface area contributed by atoms with E-state index in [-0.39, 0.29) is 11.3 Å². The number of anilines is 4. The lowest BCUT2D eigenvalue weighted by Gasteiger charge is -2.21. The van der Waals surface area contributed by atoms with Gasteiger partial charge in [0.1, 0.15) is 5.82 Å². The predicted molar refractivity (Wildman–Crippen MR) is 135 cm³/mol. The zero-order valence-corrected chi connectivity index (χ0v) is 20.1. The summed E-state index contributed by atoms with van der Waals surface area (Å²) in [7, 11) is 1.75. The monoisotopic (exact) mass is 477 g/mol. The maximum atomic E-state index is 13.2. The first-order chi connectivity index (χ1) is 16.9. The predicted octanol–water partition coefficient (Wildman–Crippen LogP) is 3.55. The molecule has 35 heavy (non-hydrogen) atoms. The number of aliphatic hydroxyl groups excluding tert-OH is 1. The number of benzene rings is 1. The van der Waals surface area contributed by atoms with Crippen molar-refractivity contribution < 1.29 is 14.6 Å². The van der Waals surface area contributed by atoms with E-state index in [4.69, 9.17) is 4.74 Å². The molecule has 184 valence electrons. The second kappa shape index (κ2) is 10.7. The van der Waals surface area contributed by atoms with Crippen LogP contribution in [0.1, 0.15) is 48.3 Å². The van der Waals surface area contributed by atoms with E-state index < -0.39 is 6.41 Å². The molecule has 4 rings (SSSR count). The SMILES string of the molecule is CCOC(O)Nc1cc(NC(=O)c2cccnc2NCc2ccnc(NC)n2)ccc1C1(C)CC1. The summed E-state index contributed by atoms with van der Waals surface area (Å²) in [5.74, 6) is 0.661. The minimum absolute atomic E-state index is 0.0609. The van der Waals surface area contributed by atoms with Crippen molar-refractivity contribution in [1.82, 2.24) is 15.0 Å². The Morgan fingerprint density at radius 1 is 1.20 bits per heavy atom. The minimum atomic E-state index is -1.13. The van der Waals surface area contributed by atoms with Gasteiger partial charge in [-0.15, -0.1) is 0 Å². The lowest BCUT2D eigenvalue weighted by Crippen LogP contribution is -2.24. The highest BCUT2D eigenvalue weighted by molar-refractivity contribution is 6.07. The molecule has 1 amide bonds. The molecule has 1 saturated carbocycles. The summed E-state index contributed by atoms with van der Waals surface area (Å²) >= 11 is 0. The van der Waals surface area contributed by atoms with Gasteiger partial charge in [-0.1, -0.05) is 13.0 Å². The number of nitrogens with zero attached hydrogens (tertiary/aromatic N) is 3. The van der Waals surface area contributed by atoms with Gasteiger partial charge < -0.3 is 31.1 Å². The van der Waals surface area contributed by atoms with E-state index in [0.29, 0.717) is 36.2 Å². The number of hydrogen-bond donors (Lipinski definition) is 5. The minimum Gasteiger partial charge on any atom is -0.364 e. The van der Waals surface area contributed by atoms with Gasteiger partial charge >= 0.3 is 0 Å². The molecule has 10 heteroatoms. The Bertz CT molecular complexity index is 1180. The number of carbonyl (C=O) groups excluding carboxylic acids is 1. The van der Waals surface area contributed by atoms with E-state index in [9.17, 15) is 9.90 Å². The zero-order valence-electron chi connectivity index (χ0n) is 20.1. The molecule has 0 saturated heterocycles. The second-order valence-corrected chi connectivity index (χ2v) is 8.60. The highest BCUT2D eigenvalue weighted by Gasteiger charge is 2.41. The summed E-state index contributed by atoms with van der Waals surface area (Å²) in [5, 5.41) is 22.2. The molecule has 0 spiro atoms. The highest BCUT2D eigenvalue weighted by atomic mass is 16.6. The van der Waals surface area contributed by atoms with Gasteiger partial charge in [0.25, 0.3) is 5.91 Å². The Labute approximate surface area is 204 Å². The first-order valence-electron chi connectivity index (χ1n) is 11.6. The van der Waals surface area contributed by atoms with Crippen LogP contribution in [-0.4, -0.2) is 46.0 Å². The number of nitrogens with one attached hydrogen (secondary N) is 4. The standard InChI is InChI=1S/C25H31N7O3/c1-4-35-24(34)32-20-14-16(7-8-19(20)25(2)10-11-25)30-22(33)18-6-5-12-27-21(18)29-15-17-9-13-28-23(26-3)31-17/h5-9,12-14,24,32,34H,4,10-11,15H2,1-3H3,(H,27,29)(H,30,33)(H,26,28,31). The Kier molecular flexibility index (Phi) is 7.42. The molecule has 1 unspecified atom stereocenters. The average molecular weight is 478 g/mol. The smallest absolute Gasteiger partial charge is 0.259 e. The van der Waals surface area contributed by atoms with E-state index in [1.807, 2.05) is 25.1 Å². The van der Waals surface area contributed by atoms with E-state index in [0.717, 1.165) is 29.8 Å². The molecule has 0 radical (unpaired) electrons. The second-order valence-electron chi connectivity index (χ2n) is 8.60. The van der Waals surface area contributed by atoms with Crippen LogP contribution in [0.2, 0.25) is 0 Å². The number of ether oxygens (including phenoxy) is 1. The topological polar surface area (TPSA) is 133 Å². The van der Waals surface area contributed by atoms with Crippen molar-refractivity contribution in [2.75, 3.05) is 34.9 Å². The Morgan fingerprint density at radius 3 is 2.77 bits per heavy atom. The van der Waals surface area contributed by atoms with Crippen molar-refractivity contribution in [3.8, 4) is 0 Å². The fraction of sp³-hybridized carbons (Fsp3) is 0.360. The van der Waals surface area contributed by atoms with Crippen molar-refractivity contribution in [1.29, 1.82) is 0 Å². The molecule has 10 nitrogen and oxygen atoms in total. The first kappa shape index (κ1) is 24.4. The number of aliphatic hydroxyl groups is 1. The number of amides is 1. The van der Waals surface area contributed by atoms with Crippen LogP contribution >= 0.6 is 0 Å². The average Bonchev–Trinajstić information content (AvgIpc) is 3.61. The summed E-state index contributed by atoms with van der Waals surface area (Å²) in [5.41, 5.74) is 3.64. The summed E-state index contributed by atoms with van der Waals surface area (Å²) in [6.07, 6.45) is 4.31. The third-order valence-corrected chi connectivity index (χ3v) is 5.96. The highest BCUT2D eigenvalue weighted by Crippen LogP contribution is 2.50. The molecule has 2 aromatic heterocycles. The molecule has 0 bridgehead atoms. The Hall–Kier alpha value is -3.76. The lowest BCUT2D eigenvalue weighted by molar-refractivity contribution is -0.0731. The summed E-state index contributed by atoms with van der Waals surface area (Å²) in [4.78, 5) is 26.0. The van der Waals surface area contributed by atoms with Crippen molar-refractivity contribution in [2.24, 2.45) is 0 Å². The summed E-state index contributed by atoms with van der Waals surface area (Å²) in [6.45, 7) is 4.75. The molecule has 1 aliphatic rings. The van der Waals surface area contributed by atoms with Gasteiger partial charge in [-0.05, 0) is 61.1 Å². The Balaban J connectivity index is 1.50. The van der Waals surface area contributed by atoms with Gasteiger partial charge in [0.05, 0.1) is 17.8 Å². The Morgan fingerprint density at radius 2 is 2.03 bits per heavy atom. The maximum Gasteiger partial charge on any atom is 0.259 e. The van der Waals surface area contributed by atoms with Crippen molar-refractivity contribution >= 4 is 29.0 Å². The van der Waals surface area contributed by atoms with Gasteiger partial charge in [0.2, 0.25) is 12.4 Å². The molecule has 1 aliphatic carbocycles. The number of hydrogen-bond acceptors (Lipinski definition) is 9. The van der Waals surface area contributed by atoms with Crippen LogP contribution in [0.5, 0.6) is 0 Å². The lowest BCUT2D eigenvalue weighted by atomic mass is 9.96. The molecule has 2 heterocycles. The molecule has 3 aromatic rings.